The number of aliphatic hydroxyl groups excluding tert-OH is 1. The first-order valence-corrected chi connectivity index (χ1v) is 7.54. The van der Waals surface area contributed by atoms with Crippen LogP contribution < -0.4 is 0 Å². The summed E-state index contributed by atoms with van der Waals surface area (Å²) in [5.41, 5.74) is 1.46. The van der Waals surface area contributed by atoms with Gasteiger partial charge in [0.25, 0.3) is 0 Å². The minimum Gasteiger partial charge on any atom is -0.388 e. The fourth-order valence-corrected chi connectivity index (χ4v) is 3.02. The molecule has 1 atom stereocenters. The van der Waals surface area contributed by atoms with Gasteiger partial charge in [0.1, 0.15) is 11.6 Å². The van der Waals surface area contributed by atoms with E-state index in [1.807, 2.05) is 13.0 Å². The first kappa shape index (κ1) is 15.6. The van der Waals surface area contributed by atoms with Gasteiger partial charge in [-0.15, -0.1) is 0 Å². The van der Waals surface area contributed by atoms with Crippen LogP contribution in [0.4, 0.5) is 8.78 Å². The van der Waals surface area contributed by atoms with Gasteiger partial charge in [-0.1, -0.05) is 22.0 Å². The Bertz CT molecular complexity index is 624. The molecule has 0 saturated carbocycles. The SMILES string of the molecule is Cc1cc(Br)cc(C(O)Cc2c(F)ccc(Br)c2F)c1. The molecule has 1 nitrogen and oxygen atoms in total. The van der Waals surface area contributed by atoms with E-state index in [4.69, 9.17) is 0 Å². The zero-order chi connectivity index (χ0) is 14.9. The van der Waals surface area contributed by atoms with Crippen LogP contribution in [-0.2, 0) is 6.42 Å². The second-order valence-corrected chi connectivity index (χ2v) is 6.37. The fraction of sp³-hybridized carbons (Fsp3) is 0.200. The van der Waals surface area contributed by atoms with Crippen molar-refractivity contribution < 1.29 is 13.9 Å². The predicted molar refractivity (Wildman–Crippen MR) is 81.6 cm³/mol. The lowest BCUT2D eigenvalue weighted by Crippen LogP contribution is -2.06. The van der Waals surface area contributed by atoms with Gasteiger partial charge in [0.2, 0.25) is 0 Å². The van der Waals surface area contributed by atoms with Crippen molar-refractivity contribution in [2.24, 2.45) is 0 Å². The predicted octanol–water partition coefficient (Wildman–Crippen LogP) is 5.07. The van der Waals surface area contributed by atoms with Gasteiger partial charge >= 0.3 is 0 Å². The van der Waals surface area contributed by atoms with Crippen molar-refractivity contribution >= 4 is 31.9 Å². The van der Waals surface area contributed by atoms with Crippen LogP contribution in [0.2, 0.25) is 0 Å². The molecular formula is C15H12Br2F2O. The van der Waals surface area contributed by atoms with Crippen LogP contribution in [-0.4, -0.2) is 5.11 Å². The number of aliphatic hydroxyl groups is 1. The number of rotatable bonds is 3. The molecular weight excluding hydrogens is 394 g/mol. The van der Waals surface area contributed by atoms with E-state index in [0.717, 1.165) is 10.0 Å². The van der Waals surface area contributed by atoms with Crippen molar-refractivity contribution in [3.8, 4) is 0 Å². The Kier molecular flexibility index (Phi) is 4.94. The number of aryl methyl sites for hydroxylation is 1. The van der Waals surface area contributed by atoms with Crippen LogP contribution in [0.15, 0.2) is 39.3 Å². The average Bonchev–Trinajstić information content (AvgIpc) is 2.38. The molecule has 0 amide bonds. The highest BCUT2D eigenvalue weighted by Crippen LogP contribution is 2.28. The molecule has 0 aliphatic carbocycles. The van der Waals surface area contributed by atoms with Gasteiger partial charge in [-0.25, -0.2) is 8.78 Å². The third-order valence-electron chi connectivity index (χ3n) is 2.99. The largest absolute Gasteiger partial charge is 0.388 e. The van der Waals surface area contributed by atoms with Crippen LogP contribution in [0.3, 0.4) is 0 Å². The zero-order valence-electron chi connectivity index (χ0n) is 10.6. The standard InChI is InChI=1S/C15H12Br2F2O/c1-8-4-9(6-10(16)5-8)14(20)7-11-13(18)3-2-12(17)15(11)19/h2-6,14,20H,7H2,1H3. The van der Waals surface area contributed by atoms with Crippen molar-refractivity contribution in [1.82, 2.24) is 0 Å². The van der Waals surface area contributed by atoms with E-state index < -0.39 is 17.7 Å². The van der Waals surface area contributed by atoms with Crippen molar-refractivity contribution in [3.05, 3.63) is 67.6 Å². The highest BCUT2D eigenvalue weighted by atomic mass is 79.9. The van der Waals surface area contributed by atoms with Gasteiger partial charge in [0.15, 0.2) is 0 Å². The van der Waals surface area contributed by atoms with Gasteiger partial charge in [0, 0.05) is 16.5 Å². The van der Waals surface area contributed by atoms with E-state index in [1.165, 1.54) is 12.1 Å². The maximum Gasteiger partial charge on any atom is 0.143 e. The number of hydrogen-bond acceptors (Lipinski definition) is 1. The summed E-state index contributed by atoms with van der Waals surface area (Å²) in [5.74, 6) is -1.33. The molecule has 0 heterocycles. The molecule has 20 heavy (non-hydrogen) atoms. The molecule has 0 aromatic heterocycles. The van der Waals surface area contributed by atoms with Crippen LogP contribution in [0.1, 0.15) is 22.8 Å². The van der Waals surface area contributed by atoms with Crippen molar-refractivity contribution in [2.45, 2.75) is 19.4 Å². The molecule has 1 N–H and O–H groups in total. The summed E-state index contributed by atoms with van der Waals surface area (Å²) >= 11 is 6.36. The molecule has 0 spiro atoms. The molecule has 0 bridgehead atoms. The second-order valence-electron chi connectivity index (χ2n) is 4.60. The molecule has 2 rings (SSSR count). The topological polar surface area (TPSA) is 20.2 Å². The van der Waals surface area contributed by atoms with Crippen molar-refractivity contribution in [3.63, 3.8) is 0 Å². The second kappa shape index (κ2) is 6.33. The van der Waals surface area contributed by atoms with Gasteiger partial charge in [0.05, 0.1) is 10.6 Å². The quantitative estimate of drug-likeness (QED) is 0.706. The first-order valence-electron chi connectivity index (χ1n) is 5.96. The third-order valence-corrected chi connectivity index (χ3v) is 4.06. The van der Waals surface area contributed by atoms with E-state index >= 15 is 0 Å². The molecule has 0 fully saturated rings. The molecule has 0 radical (unpaired) electrons. The summed E-state index contributed by atoms with van der Waals surface area (Å²) in [6.45, 7) is 1.89. The van der Waals surface area contributed by atoms with E-state index in [0.29, 0.717) is 5.56 Å². The molecule has 2 aromatic rings. The summed E-state index contributed by atoms with van der Waals surface area (Å²) in [5, 5.41) is 10.2. The summed E-state index contributed by atoms with van der Waals surface area (Å²) < 4.78 is 28.6. The smallest absolute Gasteiger partial charge is 0.143 e. The highest BCUT2D eigenvalue weighted by molar-refractivity contribution is 9.10. The Morgan fingerprint density at radius 3 is 2.50 bits per heavy atom. The highest BCUT2D eigenvalue weighted by Gasteiger charge is 2.18. The number of hydrogen-bond donors (Lipinski definition) is 1. The fourth-order valence-electron chi connectivity index (χ4n) is 2.02. The Labute approximate surface area is 132 Å². The Morgan fingerprint density at radius 2 is 1.85 bits per heavy atom. The van der Waals surface area contributed by atoms with E-state index in [-0.39, 0.29) is 16.5 Å². The molecule has 0 aliphatic rings. The van der Waals surface area contributed by atoms with E-state index in [9.17, 15) is 13.9 Å². The average molecular weight is 406 g/mol. The Morgan fingerprint density at radius 1 is 1.15 bits per heavy atom. The monoisotopic (exact) mass is 404 g/mol. The van der Waals surface area contributed by atoms with Gasteiger partial charge in [-0.3, -0.25) is 0 Å². The summed E-state index contributed by atoms with van der Waals surface area (Å²) in [6, 6.07) is 7.93. The number of benzene rings is 2. The lowest BCUT2D eigenvalue weighted by Gasteiger charge is -2.14. The van der Waals surface area contributed by atoms with Gasteiger partial charge in [-0.2, -0.15) is 0 Å². The maximum absolute atomic E-state index is 13.9. The van der Waals surface area contributed by atoms with Gasteiger partial charge in [-0.05, 0) is 58.2 Å². The molecule has 1 unspecified atom stereocenters. The minimum atomic E-state index is -0.968. The Hall–Kier alpha value is -0.780. The maximum atomic E-state index is 13.9. The Balaban J connectivity index is 2.32. The van der Waals surface area contributed by atoms with Crippen molar-refractivity contribution in [1.29, 1.82) is 0 Å². The summed E-state index contributed by atoms with van der Waals surface area (Å²) in [7, 11) is 0. The summed E-state index contributed by atoms with van der Waals surface area (Å²) in [4.78, 5) is 0. The van der Waals surface area contributed by atoms with Crippen LogP contribution in [0.5, 0.6) is 0 Å². The minimum absolute atomic E-state index is 0.118. The van der Waals surface area contributed by atoms with Crippen LogP contribution in [0, 0.1) is 18.6 Å². The molecule has 106 valence electrons. The van der Waals surface area contributed by atoms with E-state index in [2.05, 4.69) is 31.9 Å². The van der Waals surface area contributed by atoms with Crippen LogP contribution in [0.25, 0.3) is 0 Å². The molecule has 0 aliphatic heterocycles. The molecule has 5 heteroatoms. The van der Waals surface area contributed by atoms with E-state index in [1.54, 1.807) is 12.1 Å². The molecule has 2 aromatic carbocycles. The number of halogens is 4. The van der Waals surface area contributed by atoms with Crippen molar-refractivity contribution in [2.75, 3.05) is 0 Å². The lowest BCUT2D eigenvalue weighted by molar-refractivity contribution is 0.175. The first-order chi connectivity index (χ1) is 9.38. The normalized spacial score (nSPS) is 12.5. The van der Waals surface area contributed by atoms with Gasteiger partial charge < -0.3 is 5.11 Å². The third kappa shape index (κ3) is 3.45. The van der Waals surface area contributed by atoms with Crippen LogP contribution >= 0.6 is 31.9 Å². The molecule has 0 saturated heterocycles. The lowest BCUT2D eigenvalue weighted by atomic mass is 9.99. The summed E-state index contributed by atoms with van der Waals surface area (Å²) in [6.07, 6.45) is -1.09. The zero-order valence-corrected chi connectivity index (χ0v) is 13.8.